The molecule has 31 heavy (non-hydrogen) atoms. The monoisotopic (exact) mass is 438 g/mol. The predicted octanol–water partition coefficient (Wildman–Crippen LogP) is 1.84. The van der Waals surface area contributed by atoms with Gasteiger partial charge in [0.2, 0.25) is 5.91 Å². The molecule has 0 fully saturated rings. The number of fused-ring (bicyclic) bond motifs is 1. The first-order valence-corrected chi connectivity index (χ1v) is 10.5. The van der Waals surface area contributed by atoms with Gasteiger partial charge < -0.3 is 11.1 Å². The van der Waals surface area contributed by atoms with Crippen molar-refractivity contribution in [1.82, 2.24) is 24.6 Å². The molecule has 0 aliphatic rings. The smallest absolute Gasteiger partial charge is 0.261 e. The summed E-state index contributed by atoms with van der Waals surface area (Å²) in [6.45, 7) is 3.21. The van der Waals surface area contributed by atoms with Gasteiger partial charge in [-0.2, -0.15) is 5.10 Å². The molecule has 158 valence electrons. The van der Waals surface area contributed by atoms with E-state index in [1.807, 2.05) is 6.92 Å². The molecule has 0 bridgehead atoms. The molecule has 4 aromatic rings. The molecule has 12 heteroatoms. The lowest BCUT2D eigenvalue weighted by molar-refractivity contribution is -0.114. The SMILES string of the molecule is CC(=O)Nc1ccc(NS(=O)(=O)c2ccc(C)c(-c3cnc4c(N)ncnn34)c2)cn1. The number of nitrogens with one attached hydrogen (secondary N) is 2. The van der Waals surface area contributed by atoms with Crippen molar-refractivity contribution >= 4 is 38.9 Å². The minimum Gasteiger partial charge on any atom is -0.381 e. The topological polar surface area (TPSA) is 157 Å². The Kier molecular flexibility index (Phi) is 4.99. The number of aryl methyl sites for hydroxylation is 1. The Morgan fingerprint density at radius 3 is 2.61 bits per heavy atom. The van der Waals surface area contributed by atoms with E-state index < -0.39 is 10.0 Å². The number of benzene rings is 1. The standard InChI is InChI=1S/C19H18N8O3S/c1-11-3-5-14(7-15(11)16-9-22-19-18(20)23-10-24-27(16)19)31(29,30)26-13-4-6-17(21-8-13)25-12(2)28/h3-10,26H,1-2H3,(H2,20,23,24)(H,21,25,28). The van der Waals surface area contributed by atoms with Crippen LogP contribution in [0.4, 0.5) is 17.3 Å². The highest BCUT2D eigenvalue weighted by Crippen LogP contribution is 2.28. The molecule has 0 atom stereocenters. The molecule has 4 rings (SSSR count). The van der Waals surface area contributed by atoms with Crippen molar-refractivity contribution < 1.29 is 13.2 Å². The molecule has 0 aliphatic carbocycles. The fraction of sp³-hybridized carbons (Fsp3) is 0.105. The molecule has 1 amide bonds. The minimum absolute atomic E-state index is 0.0519. The highest BCUT2D eigenvalue weighted by Gasteiger charge is 2.19. The van der Waals surface area contributed by atoms with Crippen molar-refractivity contribution in [3.63, 3.8) is 0 Å². The van der Waals surface area contributed by atoms with E-state index in [0.29, 0.717) is 22.7 Å². The van der Waals surface area contributed by atoms with Crippen molar-refractivity contribution in [3.8, 4) is 11.3 Å². The highest BCUT2D eigenvalue weighted by molar-refractivity contribution is 7.92. The van der Waals surface area contributed by atoms with Crippen LogP contribution in [0.2, 0.25) is 0 Å². The van der Waals surface area contributed by atoms with Gasteiger partial charge in [0.1, 0.15) is 12.1 Å². The van der Waals surface area contributed by atoms with Gasteiger partial charge in [0.25, 0.3) is 10.0 Å². The maximum Gasteiger partial charge on any atom is 0.261 e. The van der Waals surface area contributed by atoms with Crippen LogP contribution in [-0.4, -0.2) is 38.9 Å². The number of hydrogen-bond acceptors (Lipinski definition) is 8. The van der Waals surface area contributed by atoms with Gasteiger partial charge in [-0.1, -0.05) is 6.07 Å². The van der Waals surface area contributed by atoms with E-state index in [1.165, 1.54) is 42.2 Å². The van der Waals surface area contributed by atoms with Crippen LogP contribution in [0.15, 0.2) is 53.9 Å². The normalized spacial score (nSPS) is 11.4. The van der Waals surface area contributed by atoms with E-state index >= 15 is 0 Å². The predicted molar refractivity (Wildman–Crippen MR) is 115 cm³/mol. The van der Waals surface area contributed by atoms with E-state index in [1.54, 1.807) is 18.3 Å². The van der Waals surface area contributed by atoms with Crippen molar-refractivity contribution in [3.05, 3.63) is 54.6 Å². The fourth-order valence-electron chi connectivity index (χ4n) is 2.99. The number of nitrogen functional groups attached to an aromatic ring is 1. The molecule has 0 spiro atoms. The molecule has 0 unspecified atom stereocenters. The van der Waals surface area contributed by atoms with Gasteiger partial charge in [0.15, 0.2) is 11.5 Å². The molecule has 0 aliphatic heterocycles. The average molecular weight is 438 g/mol. The molecular weight excluding hydrogens is 420 g/mol. The number of amides is 1. The summed E-state index contributed by atoms with van der Waals surface area (Å²) in [5, 5.41) is 6.69. The minimum atomic E-state index is -3.91. The quantitative estimate of drug-likeness (QED) is 0.426. The Hall–Kier alpha value is -4.06. The van der Waals surface area contributed by atoms with Crippen LogP contribution >= 0.6 is 0 Å². The van der Waals surface area contributed by atoms with Crippen LogP contribution in [0, 0.1) is 6.92 Å². The van der Waals surface area contributed by atoms with Crippen LogP contribution in [0.25, 0.3) is 16.9 Å². The van der Waals surface area contributed by atoms with Crippen molar-refractivity contribution in [1.29, 1.82) is 0 Å². The molecule has 4 N–H and O–H groups in total. The first-order chi connectivity index (χ1) is 14.7. The number of nitrogens with zero attached hydrogens (tertiary/aromatic N) is 5. The summed E-state index contributed by atoms with van der Waals surface area (Å²) in [5.74, 6) is 0.272. The summed E-state index contributed by atoms with van der Waals surface area (Å²) in [4.78, 5) is 23.3. The van der Waals surface area contributed by atoms with E-state index in [0.717, 1.165) is 5.56 Å². The van der Waals surface area contributed by atoms with E-state index in [4.69, 9.17) is 5.73 Å². The van der Waals surface area contributed by atoms with Crippen molar-refractivity contribution in [2.75, 3.05) is 15.8 Å². The number of carbonyl (C=O) groups is 1. The zero-order valence-electron chi connectivity index (χ0n) is 16.6. The van der Waals surface area contributed by atoms with Gasteiger partial charge in [0, 0.05) is 12.5 Å². The maximum atomic E-state index is 12.9. The van der Waals surface area contributed by atoms with Crippen LogP contribution in [0.1, 0.15) is 12.5 Å². The van der Waals surface area contributed by atoms with Gasteiger partial charge >= 0.3 is 0 Å². The maximum absolute atomic E-state index is 12.9. The Labute approximate surface area is 177 Å². The molecule has 0 radical (unpaired) electrons. The Balaban J connectivity index is 1.68. The second-order valence-electron chi connectivity index (χ2n) is 6.72. The third-order valence-electron chi connectivity index (χ3n) is 4.45. The average Bonchev–Trinajstić information content (AvgIpc) is 3.14. The van der Waals surface area contributed by atoms with Gasteiger partial charge in [-0.05, 0) is 36.8 Å². The highest BCUT2D eigenvalue weighted by atomic mass is 32.2. The summed E-state index contributed by atoms with van der Waals surface area (Å²) in [5.41, 5.74) is 8.53. The molecular formula is C19H18N8O3S. The molecule has 1 aromatic carbocycles. The molecule has 3 heterocycles. The second kappa shape index (κ2) is 7.65. The van der Waals surface area contributed by atoms with Crippen LogP contribution in [0.5, 0.6) is 0 Å². The van der Waals surface area contributed by atoms with Gasteiger partial charge in [-0.15, -0.1) is 0 Å². The lowest BCUT2D eigenvalue weighted by Gasteiger charge is -2.11. The molecule has 0 saturated heterocycles. The summed E-state index contributed by atoms with van der Waals surface area (Å²) in [7, 11) is -3.91. The molecule has 0 saturated carbocycles. The first-order valence-electron chi connectivity index (χ1n) is 9.06. The van der Waals surface area contributed by atoms with Crippen LogP contribution in [0.3, 0.4) is 0 Å². The summed E-state index contributed by atoms with van der Waals surface area (Å²) in [6, 6.07) is 7.76. The van der Waals surface area contributed by atoms with Crippen molar-refractivity contribution in [2.24, 2.45) is 0 Å². The summed E-state index contributed by atoms with van der Waals surface area (Å²) < 4.78 is 29.9. The number of pyridine rings is 1. The van der Waals surface area contributed by atoms with Gasteiger partial charge in [-0.25, -0.2) is 27.9 Å². The van der Waals surface area contributed by atoms with E-state index in [-0.39, 0.29) is 22.3 Å². The third kappa shape index (κ3) is 4.00. The Morgan fingerprint density at radius 1 is 1.10 bits per heavy atom. The number of nitrogens with two attached hydrogens (primary N) is 1. The Bertz CT molecular complexity index is 1400. The van der Waals surface area contributed by atoms with Crippen LogP contribution < -0.4 is 15.8 Å². The lowest BCUT2D eigenvalue weighted by atomic mass is 10.1. The van der Waals surface area contributed by atoms with E-state index in [9.17, 15) is 13.2 Å². The zero-order valence-corrected chi connectivity index (χ0v) is 17.4. The third-order valence-corrected chi connectivity index (χ3v) is 5.83. The first kappa shape index (κ1) is 20.2. The largest absolute Gasteiger partial charge is 0.381 e. The fourth-order valence-corrected chi connectivity index (χ4v) is 4.05. The lowest BCUT2D eigenvalue weighted by Crippen LogP contribution is -2.14. The molecule has 11 nitrogen and oxygen atoms in total. The second-order valence-corrected chi connectivity index (χ2v) is 8.40. The number of imidazole rings is 1. The van der Waals surface area contributed by atoms with Gasteiger partial charge in [-0.3, -0.25) is 9.52 Å². The number of rotatable bonds is 5. The number of aromatic nitrogens is 5. The number of anilines is 3. The van der Waals surface area contributed by atoms with Crippen molar-refractivity contribution in [2.45, 2.75) is 18.7 Å². The molecule has 3 aromatic heterocycles. The number of hydrogen-bond donors (Lipinski definition) is 3. The summed E-state index contributed by atoms with van der Waals surface area (Å²) in [6.07, 6.45) is 4.20. The number of carbonyl (C=O) groups excluding carboxylic acids is 1. The number of sulfonamides is 1. The summed E-state index contributed by atoms with van der Waals surface area (Å²) >= 11 is 0. The van der Waals surface area contributed by atoms with E-state index in [2.05, 4.69) is 30.1 Å². The Morgan fingerprint density at radius 2 is 1.90 bits per heavy atom. The zero-order chi connectivity index (χ0) is 22.2. The van der Waals surface area contributed by atoms with Crippen LogP contribution in [-0.2, 0) is 14.8 Å². The van der Waals surface area contributed by atoms with Gasteiger partial charge in [0.05, 0.1) is 28.7 Å².